The molecular weight excluding hydrogens is 238 g/mol. The van der Waals surface area contributed by atoms with Gasteiger partial charge in [-0.05, 0) is 17.9 Å². The second-order valence-corrected chi connectivity index (χ2v) is 5.67. The standard InChI is InChI=1S/C12H17NO3S/c1-7(2)5-16-12(14)10-8-3-4-15-6-9(8)17-11(10)13/h7H,3-6,13H2,1-2H3. The van der Waals surface area contributed by atoms with Crippen molar-refractivity contribution in [2.75, 3.05) is 18.9 Å². The molecule has 0 aromatic carbocycles. The Balaban J connectivity index is 2.19. The maximum Gasteiger partial charge on any atom is 0.341 e. The molecule has 94 valence electrons. The van der Waals surface area contributed by atoms with Gasteiger partial charge in [0.1, 0.15) is 5.00 Å². The molecule has 4 nitrogen and oxygen atoms in total. The predicted octanol–water partition coefficient (Wildman–Crippen LogP) is 2.22. The normalized spacial score (nSPS) is 14.8. The molecule has 0 amide bonds. The van der Waals surface area contributed by atoms with E-state index >= 15 is 0 Å². The van der Waals surface area contributed by atoms with Crippen molar-refractivity contribution in [2.45, 2.75) is 26.9 Å². The predicted molar refractivity (Wildman–Crippen MR) is 67.2 cm³/mol. The number of anilines is 1. The summed E-state index contributed by atoms with van der Waals surface area (Å²) in [6.07, 6.45) is 0.745. The Morgan fingerprint density at radius 1 is 1.59 bits per heavy atom. The summed E-state index contributed by atoms with van der Waals surface area (Å²) in [5, 5.41) is 0.550. The SMILES string of the molecule is CC(C)COC(=O)c1c(N)sc2c1CCOC2. The lowest BCUT2D eigenvalue weighted by Crippen LogP contribution is -2.15. The highest BCUT2D eigenvalue weighted by molar-refractivity contribution is 7.16. The fraction of sp³-hybridized carbons (Fsp3) is 0.583. The molecule has 0 spiro atoms. The molecular formula is C12H17NO3S. The van der Waals surface area contributed by atoms with Crippen LogP contribution in [-0.2, 0) is 22.5 Å². The van der Waals surface area contributed by atoms with Gasteiger partial charge in [0.05, 0.1) is 25.4 Å². The van der Waals surface area contributed by atoms with Crippen LogP contribution in [0.3, 0.4) is 0 Å². The first-order chi connectivity index (χ1) is 8.09. The number of carbonyl (C=O) groups excluding carboxylic acids is 1. The van der Waals surface area contributed by atoms with E-state index in [1.54, 1.807) is 0 Å². The zero-order valence-electron chi connectivity index (χ0n) is 10.1. The summed E-state index contributed by atoms with van der Waals surface area (Å²) < 4.78 is 10.6. The summed E-state index contributed by atoms with van der Waals surface area (Å²) in [7, 11) is 0. The van der Waals surface area contributed by atoms with Crippen LogP contribution >= 0.6 is 11.3 Å². The van der Waals surface area contributed by atoms with Crippen molar-refractivity contribution in [1.82, 2.24) is 0 Å². The van der Waals surface area contributed by atoms with Gasteiger partial charge in [0.25, 0.3) is 0 Å². The molecule has 1 aliphatic rings. The molecule has 0 bridgehead atoms. The summed E-state index contributed by atoms with van der Waals surface area (Å²) in [5.41, 5.74) is 7.48. The van der Waals surface area contributed by atoms with Crippen LogP contribution < -0.4 is 5.73 Å². The smallest absolute Gasteiger partial charge is 0.341 e. The molecule has 2 rings (SSSR count). The van der Waals surface area contributed by atoms with Gasteiger partial charge < -0.3 is 15.2 Å². The highest BCUT2D eigenvalue weighted by Crippen LogP contribution is 2.34. The Bertz CT molecular complexity index is 426. The monoisotopic (exact) mass is 255 g/mol. The minimum atomic E-state index is -0.296. The molecule has 1 aliphatic heterocycles. The molecule has 1 aromatic rings. The third-order valence-corrected chi connectivity index (χ3v) is 3.63. The second-order valence-electron chi connectivity index (χ2n) is 4.54. The molecule has 2 N–H and O–H groups in total. The van der Waals surface area contributed by atoms with E-state index in [2.05, 4.69) is 0 Å². The van der Waals surface area contributed by atoms with Crippen LogP contribution in [0.4, 0.5) is 5.00 Å². The van der Waals surface area contributed by atoms with Gasteiger partial charge in [0.2, 0.25) is 0 Å². The van der Waals surface area contributed by atoms with Crippen molar-refractivity contribution in [2.24, 2.45) is 5.92 Å². The summed E-state index contributed by atoms with van der Waals surface area (Å²) in [4.78, 5) is 13.0. The largest absolute Gasteiger partial charge is 0.462 e. The zero-order valence-corrected chi connectivity index (χ0v) is 10.9. The van der Waals surface area contributed by atoms with Crippen molar-refractivity contribution < 1.29 is 14.3 Å². The number of nitrogen functional groups attached to an aromatic ring is 1. The number of ether oxygens (including phenoxy) is 2. The lowest BCUT2D eigenvalue weighted by atomic mass is 10.1. The van der Waals surface area contributed by atoms with E-state index in [4.69, 9.17) is 15.2 Å². The number of esters is 1. The van der Waals surface area contributed by atoms with Crippen LogP contribution in [-0.4, -0.2) is 19.2 Å². The summed E-state index contributed by atoms with van der Waals surface area (Å²) >= 11 is 1.43. The van der Waals surface area contributed by atoms with E-state index in [0.717, 1.165) is 16.9 Å². The number of rotatable bonds is 3. The fourth-order valence-electron chi connectivity index (χ4n) is 1.79. The summed E-state index contributed by atoms with van der Waals surface area (Å²) in [5.74, 6) is 0.0357. The van der Waals surface area contributed by atoms with Gasteiger partial charge in [-0.25, -0.2) is 4.79 Å². The van der Waals surface area contributed by atoms with E-state index in [-0.39, 0.29) is 5.97 Å². The van der Waals surface area contributed by atoms with Crippen LogP contribution in [0.1, 0.15) is 34.6 Å². The number of fused-ring (bicyclic) bond motifs is 1. The molecule has 0 radical (unpaired) electrons. The van der Waals surface area contributed by atoms with Crippen LogP contribution in [0.5, 0.6) is 0 Å². The molecule has 0 atom stereocenters. The Morgan fingerprint density at radius 2 is 2.35 bits per heavy atom. The van der Waals surface area contributed by atoms with Gasteiger partial charge >= 0.3 is 5.97 Å². The van der Waals surface area contributed by atoms with Crippen LogP contribution in [0.15, 0.2) is 0 Å². The topological polar surface area (TPSA) is 61.5 Å². The van der Waals surface area contributed by atoms with Gasteiger partial charge in [0, 0.05) is 4.88 Å². The van der Waals surface area contributed by atoms with E-state index in [9.17, 15) is 4.79 Å². The first kappa shape index (κ1) is 12.4. The van der Waals surface area contributed by atoms with E-state index in [1.807, 2.05) is 13.8 Å². The van der Waals surface area contributed by atoms with E-state index in [0.29, 0.717) is 36.3 Å². The number of hydrogen-bond donors (Lipinski definition) is 1. The van der Waals surface area contributed by atoms with Gasteiger partial charge in [-0.1, -0.05) is 13.8 Å². The van der Waals surface area contributed by atoms with E-state index < -0.39 is 0 Å². The first-order valence-electron chi connectivity index (χ1n) is 5.74. The molecule has 0 aliphatic carbocycles. The molecule has 5 heteroatoms. The lowest BCUT2D eigenvalue weighted by molar-refractivity contribution is 0.0456. The number of carbonyl (C=O) groups is 1. The lowest BCUT2D eigenvalue weighted by Gasteiger charge is -2.13. The van der Waals surface area contributed by atoms with Gasteiger partial charge in [0.15, 0.2) is 0 Å². The van der Waals surface area contributed by atoms with Crippen molar-refractivity contribution in [3.05, 3.63) is 16.0 Å². The Kier molecular flexibility index (Phi) is 3.69. The average Bonchev–Trinajstić information content (AvgIpc) is 2.61. The number of thiophene rings is 1. The maximum atomic E-state index is 12.0. The molecule has 0 saturated heterocycles. The number of nitrogens with two attached hydrogens (primary N) is 1. The van der Waals surface area contributed by atoms with Crippen LogP contribution in [0.25, 0.3) is 0 Å². The average molecular weight is 255 g/mol. The number of hydrogen-bond acceptors (Lipinski definition) is 5. The highest BCUT2D eigenvalue weighted by Gasteiger charge is 2.25. The third kappa shape index (κ3) is 2.61. The Labute approximate surface area is 105 Å². The van der Waals surface area contributed by atoms with Crippen molar-refractivity contribution in [3.63, 3.8) is 0 Å². The molecule has 0 unspecified atom stereocenters. The highest BCUT2D eigenvalue weighted by atomic mass is 32.1. The second kappa shape index (κ2) is 5.06. The Morgan fingerprint density at radius 3 is 3.06 bits per heavy atom. The van der Waals surface area contributed by atoms with Crippen LogP contribution in [0.2, 0.25) is 0 Å². The Hall–Kier alpha value is -1.07. The quantitative estimate of drug-likeness (QED) is 0.841. The van der Waals surface area contributed by atoms with Crippen molar-refractivity contribution in [3.8, 4) is 0 Å². The molecule has 0 fully saturated rings. The zero-order chi connectivity index (χ0) is 12.4. The molecule has 2 heterocycles. The van der Waals surface area contributed by atoms with Crippen LogP contribution in [0, 0.1) is 5.92 Å². The van der Waals surface area contributed by atoms with Gasteiger partial charge in [-0.15, -0.1) is 11.3 Å². The minimum absolute atomic E-state index is 0.296. The maximum absolute atomic E-state index is 12.0. The fourth-order valence-corrected chi connectivity index (χ4v) is 2.84. The molecule has 1 aromatic heterocycles. The van der Waals surface area contributed by atoms with E-state index in [1.165, 1.54) is 11.3 Å². The molecule has 17 heavy (non-hydrogen) atoms. The van der Waals surface area contributed by atoms with Crippen molar-refractivity contribution >= 4 is 22.3 Å². The summed E-state index contributed by atoms with van der Waals surface area (Å²) in [6, 6.07) is 0. The minimum Gasteiger partial charge on any atom is -0.462 e. The van der Waals surface area contributed by atoms with Gasteiger partial charge in [-0.2, -0.15) is 0 Å². The first-order valence-corrected chi connectivity index (χ1v) is 6.56. The van der Waals surface area contributed by atoms with Crippen molar-refractivity contribution in [1.29, 1.82) is 0 Å². The molecule has 0 saturated carbocycles. The summed E-state index contributed by atoms with van der Waals surface area (Å²) in [6.45, 7) is 5.65. The van der Waals surface area contributed by atoms with Gasteiger partial charge in [-0.3, -0.25) is 0 Å². The third-order valence-electron chi connectivity index (χ3n) is 2.60.